The van der Waals surface area contributed by atoms with Crippen LogP contribution in [0.4, 0.5) is 4.79 Å². The molecule has 0 bridgehead atoms. The number of hydrogen-bond donors (Lipinski definition) is 1. The number of carbonyl (C=O) groups excluding carboxylic acids is 2. The molecule has 0 saturated heterocycles. The molecule has 92 valence electrons. The maximum absolute atomic E-state index is 11.4. The average Bonchev–Trinajstić information content (AvgIpc) is 2.35. The number of amides is 2. The smallest absolute Gasteiger partial charge is 0.431 e. The summed E-state index contributed by atoms with van der Waals surface area (Å²) < 4.78 is 4.90. The quantitative estimate of drug-likeness (QED) is 0.492. The standard InChI is InChI=1S/C12H16N2O3/c1-9(2)11(15)14(13)12(16)17-8-10-6-4-3-5-7-10/h3-7,9H,8,13H2,1-2H3. The second-order valence-corrected chi connectivity index (χ2v) is 3.90. The zero-order valence-electron chi connectivity index (χ0n) is 9.92. The number of carbonyl (C=O) groups is 2. The summed E-state index contributed by atoms with van der Waals surface area (Å²) in [5, 5.41) is 0.508. The zero-order chi connectivity index (χ0) is 12.8. The molecule has 2 amide bonds. The summed E-state index contributed by atoms with van der Waals surface area (Å²) in [6.45, 7) is 3.41. The highest BCUT2D eigenvalue weighted by Crippen LogP contribution is 2.04. The van der Waals surface area contributed by atoms with Gasteiger partial charge in [0.15, 0.2) is 0 Å². The fraction of sp³-hybridized carbons (Fsp3) is 0.333. The van der Waals surface area contributed by atoms with Crippen molar-refractivity contribution < 1.29 is 14.3 Å². The maximum atomic E-state index is 11.4. The van der Waals surface area contributed by atoms with Gasteiger partial charge in [-0.1, -0.05) is 44.2 Å². The third-order valence-corrected chi connectivity index (χ3v) is 2.13. The summed E-state index contributed by atoms with van der Waals surface area (Å²) in [6, 6.07) is 9.17. The van der Waals surface area contributed by atoms with Gasteiger partial charge >= 0.3 is 6.09 Å². The van der Waals surface area contributed by atoms with E-state index < -0.39 is 12.0 Å². The van der Waals surface area contributed by atoms with E-state index in [1.165, 1.54) is 0 Å². The molecule has 0 fully saturated rings. The SMILES string of the molecule is CC(C)C(=O)N(N)C(=O)OCc1ccccc1. The van der Waals surface area contributed by atoms with Crippen LogP contribution < -0.4 is 5.84 Å². The Labute approximate surface area is 100 Å². The van der Waals surface area contributed by atoms with Crippen LogP contribution in [0, 0.1) is 5.92 Å². The lowest BCUT2D eigenvalue weighted by Crippen LogP contribution is -2.44. The van der Waals surface area contributed by atoms with Gasteiger partial charge in [-0.05, 0) is 5.56 Å². The van der Waals surface area contributed by atoms with Gasteiger partial charge in [0, 0.05) is 5.92 Å². The highest BCUT2D eigenvalue weighted by Gasteiger charge is 2.21. The summed E-state index contributed by atoms with van der Waals surface area (Å²) in [4.78, 5) is 22.8. The number of nitrogens with two attached hydrogens (primary N) is 1. The van der Waals surface area contributed by atoms with Crippen molar-refractivity contribution in [2.45, 2.75) is 20.5 Å². The third kappa shape index (κ3) is 3.88. The molecule has 0 heterocycles. The van der Waals surface area contributed by atoms with Gasteiger partial charge in [0.2, 0.25) is 5.91 Å². The number of hydrazine groups is 1. The van der Waals surface area contributed by atoms with E-state index in [0.29, 0.717) is 5.01 Å². The Morgan fingerprint density at radius 3 is 2.41 bits per heavy atom. The van der Waals surface area contributed by atoms with Crippen molar-refractivity contribution in [3.05, 3.63) is 35.9 Å². The normalized spacial score (nSPS) is 10.1. The lowest BCUT2D eigenvalue weighted by atomic mass is 10.2. The summed E-state index contributed by atoms with van der Waals surface area (Å²) in [6.07, 6.45) is -0.840. The zero-order valence-corrected chi connectivity index (χ0v) is 9.92. The van der Waals surface area contributed by atoms with Crippen LogP contribution in [0.3, 0.4) is 0 Å². The van der Waals surface area contributed by atoms with Gasteiger partial charge in [0.1, 0.15) is 6.61 Å². The van der Waals surface area contributed by atoms with Crippen molar-refractivity contribution in [2.75, 3.05) is 0 Å². The van der Waals surface area contributed by atoms with Gasteiger partial charge in [-0.3, -0.25) is 4.79 Å². The topological polar surface area (TPSA) is 72.6 Å². The highest BCUT2D eigenvalue weighted by molar-refractivity contribution is 5.92. The minimum atomic E-state index is -0.840. The second kappa shape index (κ2) is 6.00. The molecule has 0 aliphatic carbocycles. The molecule has 0 spiro atoms. The first-order valence-corrected chi connectivity index (χ1v) is 5.31. The van der Waals surface area contributed by atoms with Crippen LogP contribution in [-0.2, 0) is 16.1 Å². The Morgan fingerprint density at radius 1 is 1.29 bits per heavy atom. The van der Waals surface area contributed by atoms with E-state index in [4.69, 9.17) is 10.6 Å². The van der Waals surface area contributed by atoms with Gasteiger partial charge in [-0.2, -0.15) is 5.01 Å². The molecule has 1 aromatic rings. The third-order valence-electron chi connectivity index (χ3n) is 2.13. The molecule has 1 aromatic carbocycles. The first kappa shape index (κ1) is 13.2. The van der Waals surface area contributed by atoms with Crippen LogP contribution in [0.2, 0.25) is 0 Å². The molecular weight excluding hydrogens is 220 g/mol. The van der Waals surface area contributed by atoms with Crippen molar-refractivity contribution in [1.82, 2.24) is 5.01 Å². The minimum absolute atomic E-state index is 0.0960. The predicted molar refractivity (Wildman–Crippen MR) is 62.5 cm³/mol. The Balaban J connectivity index is 2.48. The van der Waals surface area contributed by atoms with E-state index in [2.05, 4.69) is 0 Å². The first-order chi connectivity index (χ1) is 8.02. The predicted octanol–water partition coefficient (Wildman–Crippen LogP) is 1.68. The van der Waals surface area contributed by atoms with Crippen LogP contribution in [0.1, 0.15) is 19.4 Å². The van der Waals surface area contributed by atoms with Crippen LogP contribution in [0.15, 0.2) is 30.3 Å². The molecule has 1 rings (SSSR count). The number of imide groups is 1. The van der Waals surface area contributed by atoms with Gasteiger partial charge in [-0.25, -0.2) is 10.6 Å². The fourth-order valence-corrected chi connectivity index (χ4v) is 1.16. The van der Waals surface area contributed by atoms with E-state index >= 15 is 0 Å². The van der Waals surface area contributed by atoms with Crippen LogP contribution in [0.5, 0.6) is 0 Å². The van der Waals surface area contributed by atoms with E-state index in [0.717, 1.165) is 5.56 Å². The van der Waals surface area contributed by atoms with Crippen LogP contribution in [-0.4, -0.2) is 17.0 Å². The number of nitrogens with zero attached hydrogens (tertiary/aromatic N) is 1. The maximum Gasteiger partial charge on any atom is 0.431 e. The summed E-state index contributed by atoms with van der Waals surface area (Å²) in [5.41, 5.74) is 0.839. The van der Waals surface area contributed by atoms with Gasteiger partial charge in [0.05, 0.1) is 0 Å². The van der Waals surface area contributed by atoms with E-state index in [-0.39, 0.29) is 12.5 Å². The van der Waals surface area contributed by atoms with Crippen LogP contribution >= 0.6 is 0 Å². The van der Waals surface area contributed by atoms with E-state index in [1.54, 1.807) is 13.8 Å². The van der Waals surface area contributed by atoms with Crippen molar-refractivity contribution in [2.24, 2.45) is 11.8 Å². The first-order valence-electron chi connectivity index (χ1n) is 5.31. The molecular formula is C12H16N2O3. The van der Waals surface area contributed by atoms with Crippen LogP contribution in [0.25, 0.3) is 0 Å². The Bertz CT molecular complexity index is 390. The highest BCUT2D eigenvalue weighted by atomic mass is 16.6. The van der Waals surface area contributed by atoms with Gasteiger partial charge < -0.3 is 4.74 Å². The molecule has 2 N–H and O–H groups in total. The number of rotatable bonds is 3. The largest absolute Gasteiger partial charge is 0.443 e. The molecule has 0 aromatic heterocycles. The summed E-state index contributed by atoms with van der Waals surface area (Å²) in [5.74, 6) is 4.52. The lowest BCUT2D eigenvalue weighted by Gasteiger charge is -2.16. The second-order valence-electron chi connectivity index (χ2n) is 3.90. The molecule has 0 saturated carbocycles. The van der Waals surface area contributed by atoms with E-state index in [9.17, 15) is 9.59 Å². The summed E-state index contributed by atoms with van der Waals surface area (Å²) in [7, 11) is 0. The molecule has 5 heteroatoms. The fourth-order valence-electron chi connectivity index (χ4n) is 1.16. The van der Waals surface area contributed by atoms with Crippen molar-refractivity contribution in [3.8, 4) is 0 Å². The monoisotopic (exact) mass is 236 g/mol. The summed E-state index contributed by atoms with van der Waals surface area (Å²) >= 11 is 0. The number of hydrogen-bond acceptors (Lipinski definition) is 4. The molecule has 0 aliphatic heterocycles. The van der Waals surface area contributed by atoms with Crippen molar-refractivity contribution in [1.29, 1.82) is 0 Å². The average molecular weight is 236 g/mol. The molecule has 0 atom stereocenters. The lowest BCUT2D eigenvalue weighted by molar-refractivity contribution is -0.133. The van der Waals surface area contributed by atoms with Crippen molar-refractivity contribution in [3.63, 3.8) is 0 Å². The van der Waals surface area contributed by atoms with Gasteiger partial charge in [0.25, 0.3) is 0 Å². The Hall–Kier alpha value is -1.88. The molecule has 0 aliphatic rings. The minimum Gasteiger partial charge on any atom is -0.443 e. The Kier molecular flexibility index (Phi) is 4.66. The molecule has 5 nitrogen and oxygen atoms in total. The molecule has 0 unspecified atom stereocenters. The Morgan fingerprint density at radius 2 is 1.88 bits per heavy atom. The number of benzene rings is 1. The van der Waals surface area contributed by atoms with Crippen molar-refractivity contribution >= 4 is 12.0 Å². The van der Waals surface area contributed by atoms with Gasteiger partial charge in [-0.15, -0.1) is 0 Å². The molecule has 17 heavy (non-hydrogen) atoms. The number of ether oxygens (including phenoxy) is 1. The van der Waals surface area contributed by atoms with E-state index in [1.807, 2.05) is 30.3 Å². The molecule has 0 radical (unpaired) electrons.